The van der Waals surface area contributed by atoms with Crippen molar-refractivity contribution in [3.63, 3.8) is 0 Å². The Kier molecular flexibility index (Phi) is 13.9. The van der Waals surface area contributed by atoms with E-state index in [9.17, 15) is 18.8 Å². The number of aromatic amines is 1. The summed E-state index contributed by atoms with van der Waals surface area (Å²) in [6, 6.07) is 12.9. The summed E-state index contributed by atoms with van der Waals surface area (Å²) in [4.78, 5) is 43.2. The Morgan fingerprint density at radius 3 is 1.86 bits per heavy atom. The average molecular weight is 727 g/mol. The number of benzene rings is 2. The van der Waals surface area contributed by atoms with Crippen LogP contribution in [-0.2, 0) is 13.9 Å². The van der Waals surface area contributed by atoms with Gasteiger partial charge in [0.1, 0.15) is 22.7 Å². The molecule has 0 aliphatic carbocycles. The standard InChI is InChI=1S/C39H59FN4O6Si/c1-24(2)51(25(3)4,26(5)6)50-30(23-42-36(46)48-38(7,8)9)21-29(43-37(47)49-39(10,11)12)22-41-35(45)34-33(27-17-19-28(40)20-18-27)31-15-13-14-16-32(31)44-34/h13-20,24-26,29-30,44H,21-23H2,1-12H3,(H,41,45)(H,42,46)(H,43,47)/t29-,30?/m0/s1. The average Bonchev–Trinajstić information content (AvgIpc) is 3.38. The van der Waals surface area contributed by atoms with Crippen LogP contribution < -0.4 is 16.0 Å². The second-order valence-corrected chi connectivity index (χ2v) is 21.6. The maximum atomic E-state index is 14.0. The lowest BCUT2D eigenvalue weighted by Gasteiger charge is -2.45. The summed E-state index contributed by atoms with van der Waals surface area (Å²) in [6.07, 6.45) is -1.48. The third-order valence-electron chi connectivity index (χ3n) is 8.79. The van der Waals surface area contributed by atoms with Crippen molar-refractivity contribution in [2.75, 3.05) is 13.1 Å². The van der Waals surface area contributed by atoms with E-state index in [-0.39, 0.29) is 42.0 Å². The fourth-order valence-electron chi connectivity index (χ4n) is 6.90. The summed E-state index contributed by atoms with van der Waals surface area (Å²) >= 11 is 0. The minimum absolute atomic E-state index is 0.0299. The Balaban J connectivity index is 1.98. The summed E-state index contributed by atoms with van der Waals surface area (Å²) in [6.45, 7) is 24.0. The minimum Gasteiger partial charge on any atom is -0.444 e. The lowest BCUT2D eigenvalue weighted by Crippen LogP contribution is -2.55. The fourth-order valence-corrected chi connectivity index (χ4v) is 12.5. The number of carbonyl (C=O) groups is 3. The number of H-pyrrole nitrogens is 1. The summed E-state index contributed by atoms with van der Waals surface area (Å²) in [7, 11) is -2.48. The molecule has 1 unspecified atom stereocenters. The number of aromatic nitrogens is 1. The molecule has 0 spiro atoms. The molecule has 1 aromatic heterocycles. The molecule has 3 amide bonds. The second kappa shape index (κ2) is 17.1. The van der Waals surface area contributed by atoms with Gasteiger partial charge in [0.05, 0.1) is 12.1 Å². The Labute approximate surface area is 304 Å². The normalized spacial score (nSPS) is 13.7. The summed E-state index contributed by atoms with van der Waals surface area (Å²) in [5, 5.41) is 9.66. The monoisotopic (exact) mass is 726 g/mol. The third-order valence-corrected chi connectivity index (χ3v) is 14.9. The Hall–Kier alpha value is -3.90. The number of amides is 3. The van der Waals surface area contributed by atoms with Crippen LogP contribution in [0.3, 0.4) is 0 Å². The number of carbonyl (C=O) groups excluding carboxylic acids is 3. The number of alkyl carbamates (subject to hydrolysis) is 2. The molecule has 0 bridgehead atoms. The molecule has 0 aliphatic heterocycles. The van der Waals surface area contributed by atoms with Gasteiger partial charge in [0.2, 0.25) is 8.32 Å². The van der Waals surface area contributed by atoms with Crippen LogP contribution in [0.25, 0.3) is 22.0 Å². The van der Waals surface area contributed by atoms with Gasteiger partial charge in [0.25, 0.3) is 5.91 Å². The number of rotatable bonds is 14. The largest absolute Gasteiger partial charge is 0.444 e. The first-order valence-corrected chi connectivity index (χ1v) is 20.1. The highest BCUT2D eigenvalue weighted by atomic mass is 28.4. The number of hydrogen-bond acceptors (Lipinski definition) is 6. The molecular formula is C39H59FN4O6Si. The number of halogens is 1. The van der Waals surface area contributed by atoms with Gasteiger partial charge in [-0.1, -0.05) is 71.9 Å². The molecule has 0 fully saturated rings. The molecule has 10 nitrogen and oxygen atoms in total. The van der Waals surface area contributed by atoms with Gasteiger partial charge in [-0.2, -0.15) is 0 Å². The lowest BCUT2D eigenvalue weighted by atomic mass is 10.0. The molecule has 51 heavy (non-hydrogen) atoms. The van der Waals surface area contributed by atoms with Gasteiger partial charge < -0.3 is 34.8 Å². The molecule has 1 heterocycles. The van der Waals surface area contributed by atoms with E-state index in [4.69, 9.17) is 13.9 Å². The first-order valence-electron chi connectivity index (χ1n) is 17.9. The number of nitrogens with one attached hydrogen (secondary N) is 4. The van der Waals surface area contributed by atoms with E-state index in [0.29, 0.717) is 16.8 Å². The number of para-hydroxylation sites is 1. The zero-order valence-corrected chi connectivity index (χ0v) is 33.5. The highest BCUT2D eigenvalue weighted by molar-refractivity contribution is 6.77. The lowest BCUT2D eigenvalue weighted by molar-refractivity contribution is 0.0442. The molecule has 2 aromatic carbocycles. The zero-order valence-electron chi connectivity index (χ0n) is 32.5. The molecule has 3 rings (SSSR count). The Bertz CT molecular complexity index is 1600. The minimum atomic E-state index is -2.48. The highest BCUT2D eigenvalue weighted by Crippen LogP contribution is 2.43. The van der Waals surface area contributed by atoms with Gasteiger partial charge in [0.15, 0.2) is 0 Å². The van der Waals surface area contributed by atoms with Gasteiger partial charge >= 0.3 is 12.2 Å². The molecule has 0 saturated carbocycles. The van der Waals surface area contributed by atoms with E-state index in [1.165, 1.54) is 12.1 Å². The second-order valence-electron chi connectivity index (χ2n) is 16.2. The molecule has 0 aliphatic rings. The molecule has 2 atom stereocenters. The number of hydrogen-bond donors (Lipinski definition) is 4. The van der Waals surface area contributed by atoms with Crippen molar-refractivity contribution in [2.24, 2.45) is 0 Å². The number of ether oxygens (including phenoxy) is 2. The van der Waals surface area contributed by atoms with E-state index in [1.807, 2.05) is 24.3 Å². The first kappa shape index (κ1) is 41.5. The van der Waals surface area contributed by atoms with Crippen molar-refractivity contribution in [1.82, 2.24) is 20.9 Å². The van der Waals surface area contributed by atoms with Crippen LogP contribution in [0.4, 0.5) is 14.0 Å². The molecule has 0 saturated heterocycles. The maximum absolute atomic E-state index is 14.0. The van der Waals surface area contributed by atoms with Crippen molar-refractivity contribution in [3.8, 4) is 11.1 Å². The molecule has 0 radical (unpaired) electrons. The predicted octanol–water partition coefficient (Wildman–Crippen LogP) is 9.07. The van der Waals surface area contributed by atoms with Crippen LogP contribution >= 0.6 is 0 Å². The molecule has 282 valence electrons. The molecule has 12 heteroatoms. The summed E-state index contributed by atoms with van der Waals surface area (Å²) in [5.41, 5.74) is 1.71. The van der Waals surface area contributed by atoms with Crippen molar-refractivity contribution < 1.29 is 32.7 Å². The molecule has 4 N–H and O–H groups in total. The van der Waals surface area contributed by atoms with Crippen molar-refractivity contribution in [3.05, 3.63) is 60.0 Å². The van der Waals surface area contributed by atoms with Crippen molar-refractivity contribution >= 4 is 37.3 Å². The van der Waals surface area contributed by atoms with Crippen molar-refractivity contribution in [1.29, 1.82) is 0 Å². The van der Waals surface area contributed by atoms with Gasteiger partial charge in [-0.3, -0.25) is 4.79 Å². The van der Waals surface area contributed by atoms with Crippen LogP contribution in [0, 0.1) is 5.82 Å². The molecular weight excluding hydrogens is 668 g/mol. The van der Waals surface area contributed by atoms with E-state index in [2.05, 4.69) is 62.5 Å². The Morgan fingerprint density at radius 1 is 0.765 bits per heavy atom. The summed E-state index contributed by atoms with van der Waals surface area (Å²) in [5.74, 6) is -0.779. The first-order chi connectivity index (χ1) is 23.6. The van der Waals surface area contributed by atoms with Crippen LogP contribution in [0.15, 0.2) is 48.5 Å². The SMILES string of the molecule is CC(C)[Si](OC(CNC(=O)OC(C)(C)C)C[C@@H](CNC(=O)c1[nH]c2ccccc2c1-c1ccc(F)cc1)NC(=O)OC(C)(C)C)(C(C)C)C(C)C. The Morgan fingerprint density at radius 2 is 1.31 bits per heavy atom. The van der Waals surface area contributed by atoms with E-state index in [1.54, 1.807) is 53.7 Å². The topological polar surface area (TPSA) is 131 Å². The van der Waals surface area contributed by atoms with E-state index < -0.39 is 49.8 Å². The van der Waals surface area contributed by atoms with Gasteiger partial charge in [0, 0.05) is 29.6 Å². The maximum Gasteiger partial charge on any atom is 0.407 e. The molecule has 3 aromatic rings. The summed E-state index contributed by atoms with van der Waals surface area (Å²) < 4.78 is 32.2. The zero-order chi connectivity index (χ0) is 38.3. The van der Waals surface area contributed by atoms with Gasteiger partial charge in [-0.15, -0.1) is 0 Å². The van der Waals surface area contributed by atoms with Crippen LogP contribution in [0.5, 0.6) is 0 Å². The third kappa shape index (κ3) is 11.5. The van der Waals surface area contributed by atoms with E-state index in [0.717, 1.165) is 10.9 Å². The fraction of sp³-hybridized carbons (Fsp3) is 0.564. The van der Waals surface area contributed by atoms with Crippen LogP contribution in [0.1, 0.15) is 100.0 Å². The predicted molar refractivity (Wildman–Crippen MR) is 204 cm³/mol. The smallest absolute Gasteiger partial charge is 0.407 e. The highest BCUT2D eigenvalue weighted by Gasteiger charge is 2.47. The van der Waals surface area contributed by atoms with Crippen molar-refractivity contribution in [2.45, 2.75) is 129 Å². The van der Waals surface area contributed by atoms with Gasteiger partial charge in [-0.25, -0.2) is 14.0 Å². The van der Waals surface area contributed by atoms with Gasteiger partial charge in [-0.05, 0) is 88.3 Å². The quantitative estimate of drug-likeness (QED) is 0.123. The van der Waals surface area contributed by atoms with E-state index >= 15 is 0 Å². The van der Waals surface area contributed by atoms with Crippen LogP contribution in [0.2, 0.25) is 16.6 Å². The number of fused-ring (bicyclic) bond motifs is 1. The van der Waals surface area contributed by atoms with Crippen LogP contribution in [-0.4, -0.2) is 67.8 Å².